The molecule has 0 rings (SSSR count). The molecule has 0 aromatic rings. The summed E-state index contributed by atoms with van der Waals surface area (Å²) in [4.78, 5) is 43.6. The molecule has 0 bridgehead atoms. The van der Waals surface area contributed by atoms with Crippen molar-refractivity contribution < 1.29 is 33.4 Å². The molecule has 0 saturated heterocycles. The summed E-state index contributed by atoms with van der Waals surface area (Å²) in [5, 5.41) is 0. The first-order valence-corrected chi connectivity index (χ1v) is 4.28. The molecular weight excluding hydrogens is 220 g/mol. The Balaban J connectivity index is 4.54. The maximum absolute atomic E-state index is 11.1. The standard InChI is InChI=1S/C9H12O7/c1-5(10)16-7(9(13)15-3)4-6(11)8(12)14-2/h7H,4H2,1-3H3. The summed E-state index contributed by atoms with van der Waals surface area (Å²) in [7, 11) is 2.10. The maximum atomic E-state index is 11.1. The summed E-state index contributed by atoms with van der Waals surface area (Å²) in [6, 6.07) is 0. The van der Waals surface area contributed by atoms with Crippen molar-refractivity contribution in [3.63, 3.8) is 0 Å². The van der Waals surface area contributed by atoms with Crippen molar-refractivity contribution in [1.82, 2.24) is 0 Å². The molecule has 1 unspecified atom stereocenters. The lowest BCUT2D eigenvalue weighted by Gasteiger charge is -2.12. The molecule has 0 spiro atoms. The Bertz CT molecular complexity index is 307. The molecule has 0 aromatic heterocycles. The van der Waals surface area contributed by atoms with E-state index in [1.807, 2.05) is 0 Å². The molecule has 90 valence electrons. The number of ketones is 1. The highest BCUT2D eigenvalue weighted by Crippen LogP contribution is 2.03. The first kappa shape index (κ1) is 14.1. The Hall–Kier alpha value is -1.92. The van der Waals surface area contributed by atoms with Crippen molar-refractivity contribution in [3.8, 4) is 0 Å². The summed E-state index contributed by atoms with van der Waals surface area (Å²) in [6.07, 6.45) is -2.02. The van der Waals surface area contributed by atoms with Gasteiger partial charge in [-0.1, -0.05) is 0 Å². The van der Waals surface area contributed by atoms with Gasteiger partial charge in [-0.05, 0) is 0 Å². The van der Waals surface area contributed by atoms with Crippen LogP contribution in [0.5, 0.6) is 0 Å². The van der Waals surface area contributed by atoms with Crippen LogP contribution in [0.25, 0.3) is 0 Å². The van der Waals surface area contributed by atoms with E-state index >= 15 is 0 Å². The molecule has 0 heterocycles. The fourth-order valence-corrected chi connectivity index (χ4v) is 0.870. The molecule has 7 heteroatoms. The number of ether oxygens (including phenoxy) is 3. The molecule has 0 saturated carbocycles. The molecule has 0 amide bonds. The third-order valence-corrected chi connectivity index (χ3v) is 1.56. The maximum Gasteiger partial charge on any atom is 0.374 e. The van der Waals surface area contributed by atoms with E-state index in [4.69, 9.17) is 0 Å². The van der Waals surface area contributed by atoms with Crippen molar-refractivity contribution in [3.05, 3.63) is 0 Å². The largest absolute Gasteiger partial charge is 0.466 e. The molecule has 0 aliphatic heterocycles. The van der Waals surface area contributed by atoms with E-state index in [0.717, 1.165) is 21.1 Å². The number of hydrogen-bond acceptors (Lipinski definition) is 7. The average Bonchev–Trinajstić information content (AvgIpc) is 2.25. The molecule has 16 heavy (non-hydrogen) atoms. The van der Waals surface area contributed by atoms with Gasteiger partial charge in [-0.15, -0.1) is 0 Å². The highest BCUT2D eigenvalue weighted by molar-refractivity contribution is 6.34. The van der Waals surface area contributed by atoms with Crippen LogP contribution in [0, 0.1) is 0 Å². The Labute approximate surface area is 91.6 Å². The Kier molecular flexibility index (Phi) is 5.76. The molecule has 0 aliphatic rings. The van der Waals surface area contributed by atoms with Crippen molar-refractivity contribution in [2.45, 2.75) is 19.4 Å². The van der Waals surface area contributed by atoms with E-state index in [2.05, 4.69) is 14.2 Å². The third-order valence-electron chi connectivity index (χ3n) is 1.56. The van der Waals surface area contributed by atoms with Crippen LogP contribution in [-0.4, -0.2) is 44.0 Å². The van der Waals surface area contributed by atoms with Crippen LogP contribution in [-0.2, 0) is 33.4 Å². The zero-order valence-corrected chi connectivity index (χ0v) is 9.14. The van der Waals surface area contributed by atoms with Crippen LogP contribution in [0.3, 0.4) is 0 Å². The predicted molar refractivity (Wildman–Crippen MR) is 49.2 cm³/mol. The number of esters is 3. The number of carbonyl (C=O) groups is 4. The van der Waals surface area contributed by atoms with Crippen molar-refractivity contribution >= 4 is 23.7 Å². The van der Waals surface area contributed by atoms with Crippen LogP contribution in [0.15, 0.2) is 0 Å². The van der Waals surface area contributed by atoms with E-state index in [-0.39, 0.29) is 0 Å². The van der Waals surface area contributed by atoms with Gasteiger partial charge in [0.15, 0.2) is 0 Å². The number of Topliss-reactive ketones (excluding diaryl/α,β-unsaturated/α-hetero) is 1. The van der Waals surface area contributed by atoms with Crippen LogP contribution in [0.1, 0.15) is 13.3 Å². The molecule has 0 aromatic carbocycles. The van der Waals surface area contributed by atoms with Gasteiger partial charge in [-0.2, -0.15) is 0 Å². The molecule has 0 fully saturated rings. The fourth-order valence-electron chi connectivity index (χ4n) is 0.870. The minimum atomic E-state index is -1.42. The molecule has 0 radical (unpaired) electrons. The van der Waals surface area contributed by atoms with Gasteiger partial charge in [-0.3, -0.25) is 9.59 Å². The average molecular weight is 232 g/mol. The van der Waals surface area contributed by atoms with Gasteiger partial charge in [0.1, 0.15) is 0 Å². The van der Waals surface area contributed by atoms with Crippen LogP contribution < -0.4 is 0 Å². The lowest BCUT2D eigenvalue weighted by molar-refractivity contribution is -0.167. The molecule has 0 N–H and O–H groups in total. The Morgan fingerprint density at radius 3 is 2.00 bits per heavy atom. The van der Waals surface area contributed by atoms with Gasteiger partial charge >= 0.3 is 17.9 Å². The first-order chi connectivity index (χ1) is 7.42. The summed E-state index contributed by atoms with van der Waals surface area (Å²) >= 11 is 0. The fraction of sp³-hybridized carbons (Fsp3) is 0.556. The number of methoxy groups -OCH3 is 2. The highest BCUT2D eigenvalue weighted by atomic mass is 16.6. The Morgan fingerprint density at radius 2 is 1.62 bits per heavy atom. The van der Waals surface area contributed by atoms with Gasteiger partial charge in [0.2, 0.25) is 11.9 Å². The number of carbonyl (C=O) groups excluding carboxylic acids is 4. The zero-order valence-electron chi connectivity index (χ0n) is 9.14. The minimum absolute atomic E-state index is 0.598. The smallest absolute Gasteiger partial charge is 0.374 e. The second kappa shape index (κ2) is 6.54. The van der Waals surface area contributed by atoms with Crippen LogP contribution >= 0.6 is 0 Å². The van der Waals surface area contributed by atoms with E-state index in [0.29, 0.717) is 0 Å². The first-order valence-electron chi connectivity index (χ1n) is 4.28. The number of rotatable bonds is 5. The van der Waals surface area contributed by atoms with Gasteiger partial charge < -0.3 is 14.2 Å². The molecule has 7 nitrogen and oxygen atoms in total. The topological polar surface area (TPSA) is 96.0 Å². The van der Waals surface area contributed by atoms with Crippen molar-refractivity contribution in [2.24, 2.45) is 0 Å². The predicted octanol–water partition coefficient (Wildman–Crippen LogP) is -0.777. The van der Waals surface area contributed by atoms with Crippen LogP contribution in [0.4, 0.5) is 0 Å². The molecule has 1 atom stereocenters. The van der Waals surface area contributed by atoms with E-state index in [1.165, 1.54) is 0 Å². The van der Waals surface area contributed by atoms with Crippen molar-refractivity contribution in [2.75, 3.05) is 14.2 Å². The lowest BCUT2D eigenvalue weighted by Crippen LogP contribution is -2.32. The van der Waals surface area contributed by atoms with Gasteiger partial charge in [0.05, 0.1) is 20.6 Å². The quantitative estimate of drug-likeness (QED) is 0.348. The van der Waals surface area contributed by atoms with Crippen molar-refractivity contribution in [1.29, 1.82) is 0 Å². The van der Waals surface area contributed by atoms with Gasteiger partial charge in [0.25, 0.3) is 0 Å². The van der Waals surface area contributed by atoms with Gasteiger partial charge in [-0.25, -0.2) is 9.59 Å². The highest BCUT2D eigenvalue weighted by Gasteiger charge is 2.29. The molecule has 0 aliphatic carbocycles. The molecular formula is C9H12O7. The second-order valence-corrected chi connectivity index (χ2v) is 2.74. The Morgan fingerprint density at radius 1 is 1.06 bits per heavy atom. The summed E-state index contributed by atoms with van der Waals surface area (Å²) in [5.74, 6) is -3.75. The van der Waals surface area contributed by atoms with E-state index in [9.17, 15) is 19.2 Å². The SMILES string of the molecule is COC(=O)C(=O)CC(OC(C)=O)C(=O)OC. The summed E-state index contributed by atoms with van der Waals surface area (Å²) in [6.45, 7) is 1.07. The second-order valence-electron chi connectivity index (χ2n) is 2.74. The van der Waals surface area contributed by atoms with E-state index < -0.39 is 36.2 Å². The third kappa shape index (κ3) is 4.54. The number of hydrogen-bond donors (Lipinski definition) is 0. The van der Waals surface area contributed by atoms with E-state index in [1.54, 1.807) is 0 Å². The minimum Gasteiger partial charge on any atom is -0.466 e. The summed E-state index contributed by atoms with van der Waals surface area (Å²) < 4.78 is 13.0. The lowest BCUT2D eigenvalue weighted by atomic mass is 10.2. The van der Waals surface area contributed by atoms with Gasteiger partial charge in [0, 0.05) is 6.92 Å². The van der Waals surface area contributed by atoms with Crippen LogP contribution in [0.2, 0.25) is 0 Å². The monoisotopic (exact) mass is 232 g/mol. The summed E-state index contributed by atoms with van der Waals surface area (Å²) in [5.41, 5.74) is 0. The zero-order chi connectivity index (χ0) is 12.7. The normalized spacial score (nSPS) is 11.2.